The quantitative estimate of drug-likeness (QED) is 0.594. The number of carbonyl (C=O) groups is 1. The van der Waals surface area contributed by atoms with Crippen molar-refractivity contribution >= 4 is 6.09 Å². The van der Waals surface area contributed by atoms with Gasteiger partial charge in [0.1, 0.15) is 5.72 Å². The normalized spacial score (nSPS) is 19.0. The summed E-state index contributed by atoms with van der Waals surface area (Å²) in [5.74, 6) is 0. The molecule has 1 aromatic rings. The van der Waals surface area contributed by atoms with Gasteiger partial charge in [0.05, 0.1) is 12.1 Å². The van der Waals surface area contributed by atoms with Gasteiger partial charge in [-0.3, -0.25) is 4.90 Å². The van der Waals surface area contributed by atoms with Crippen LogP contribution >= 0.6 is 0 Å². The summed E-state index contributed by atoms with van der Waals surface area (Å²) in [5, 5.41) is 0. The van der Waals surface area contributed by atoms with Crippen LogP contribution in [0.4, 0.5) is 4.79 Å². The molecular weight excluding hydrogens is 261 g/mol. The Morgan fingerprint density at radius 3 is 2.43 bits per heavy atom. The van der Waals surface area contributed by atoms with E-state index in [0.29, 0.717) is 13.0 Å². The number of carbonyl (C=O) groups excluding carboxylic acids is 1. The maximum atomic E-state index is 12.3. The summed E-state index contributed by atoms with van der Waals surface area (Å²) in [6.45, 7) is 9.75. The standard InChI is InChI=1S/C16H22NO3.Li/c1-15(2)12-20-16(3,4)17(15)14(18)19-11-10-13-8-6-5-7-9-13;/h5-9,11H,10,12H2,1-4H3;/q-1;+1. The average Bonchev–Trinajstić information content (AvgIpc) is 2.59. The van der Waals surface area contributed by atoms with Gasteiger partial charge in [-0.1, -0.05) is 35.9 Å². The van der Waals surface area contributed by atoms with Crippen LogP contribution in [0.25, 0.3) is 0 Å². The van der Waals surface area contributed by atoms with Gasteiger partial charge in [0.15, 0.2) is 0 Å². The maximum Gasteiger partial charge on any atom is 1.00 e. The molecule has 1 fully saturated rings. The third kappa shape index (κ3) is 4.26. The number of nitrogens with zero attached hydrogens (tertiary/aromatic N) is 1. The summed E-state index contributed by atoms with van der Waals surface area (Å²) < 4.78 is 10.9. The molecule has 0 aliphatic carbocycles. The molecule has 2 rings (SSSR count). The first-order valence-corrected chi connectivity index (χ1v) is 6.83. The monoisotopic (exact) mass is 283 g/mol. The fraction of sp³-hybridized carbons (Fsp3) is 0.500. The van der Waals surface area contributed by atoms with Crippen LogP contribution in [0.3, 0.4) is 0 Å². The Bertz CT molecular complexity index is 458. The molecule has 0 unspecified atom stereocenters. The minimum absolute atomic E-state index is 0. The molecule has 21 heavy (non-hydrogen) atoms. The zero-order valence-electron chi connectivity index (χ0n) is 13.6. The average molecular weight is 283 g/mol. The summed E-state index contributed by atoms with van der Waals surface area (Å²) in [6, 6.07) is 9.88. The van der Waals surface area contributed by atoms with E-state index in [-0.39, 0.29) is 30.5 Å². The van der Waals surface area contributed by atoms with Crippen molar-refractivity contribution in [3.8, 4) is 0 Å². The van der Waals surface area contributed by atoms with E-state index in [0.717, 1.165) is 5.56 Å². The topological polar surface area (TPSA) is 38.8 Å². The van der Waals surface area contributed by atoms with E-state index in [2.05, 4.69) is 0 Å². The molecule has 1 aliphatic heterocycles. The van der Waals surface area contributed by atoms with Gasteiger partial charge in [0.2, 0.25) is 0 Å². The molecule has 1 aromatic carbocycles. The van der Waals surface area contributed by atoms with Gasteiger partial charge in [0.25, 0.3) is 0 Å². The zero-order valence-corrected chi connectivity index (χ0v) is 13.6. The van der Waals surface area contributed by atoms with Crippen LogP contribution in [0.5, 0.6) is 0 Å². The largest absolute Gasteiger partial charge is 1.00 e. The number of amides is 1. The Balaban J connectivity index is 0.00000220. The number of hydrogen-bond donors (Lipinski definition) is 0. The molecule has 1 amide bonds. The second-order valence-corrected chi connectivity index (χ2v) is 6.12. The van der Waals surface area contributed by atoms with Crippen molar-refractivity contribution in [2.24, 2.45) is 0 Å². The molecule has 110 valence electrons. The van der Waals surface area contributed by atoms with Crippen LogP contribution < -0.4 is 18.9 Å². The molecule has 0 aromatic heterocycles. The Labute approximate surface area is 139 Å². The molecule has 0 atom stereocenters. The van der Waals surface area contributed by atoms with Crippen molar-refractivity contribution in [2.45, 2.75) is 45.4 Å². The van der Waals surface area contributed by atoms with Crippen molar-refractivity contribution in [1.29, 1.82) is 0 Å². The van der Waals surface area contributed by atoms with Gasteiger partial charge in [-0.25, -0.2) is 4.79 Å². The minimum Gasteiger partial charge on any atom is -0.620 e. The predicted octanol–water partition coefficient (Wildman–Crippen LogP) is 0.378. The van der Waals surface area contributed by atoms with E-state index in [4.69, 9.17) is 9.47 Å². The Morgan fingerprint density at radius 2 is 1.90 bits per heavy atom. The van der Waals surface area contributed by atoms with Gasteiger partial charge < -0.3 is 9.47 Å². The fourth-order valence-electron chi connectivity index (χ4n) is 2.55. The van der Waals surface area contributed by atoms with Crippen LogP contribution in [-0.4, -0.2) is 28.9 Å². The van der Waals surface area contributed by atoms with Crippen LogP contribution in [0.15, 0.2) is 30.3 Å². The Morgan fingerprint density at radius 1 is 1.29 bits per heavy atom. The van der Waals surface area contributed by atoms with Crippen molar-refractivity contribution in [2.75, 3.05) is 6.61 Å². The SMILES string of the molecule is CC1(C)COC(C)(C)N1C(=O)O[CH-]Cc1ccccc1.[Li+]. The fourth-order valence-corrected chi connectivity index (χ4v) is 2.55. The van der Waals surface area contributed by atoms with Gasteiger partial charge in [-0.05, 0) is 27.7 Å². The van der Waals surface area contributed by atoms with Crippen LogP contribution in [0.2, 0.25) is 0 Å². The minimum atomic E-state index is -0.638. The van der Waals surface area contributed by atoms with Crippen molar-refractivity contribution < 1.29 is 33.1 Å². The van der Waals surface area contributed by atoms with Crippen molar-refractivity contribution in [1.82, 2.24) is 4.90 Å². The third-order valence-corrected chi connectivity index (χ3v) is 3.45. The number of benzene rings is 1. The van der Waals surface area contributed by atoms with Crippen LogP contribution in [0.1, 0.15) is 33.3 Å². The van der Waals surface area contributed by atoms with Gasteiger partial charge >= 0.3 is 25.0 Å². The summed E-state index contributed by atoms with van der Waals surface area (Å²) >= 11 is 0. The van der Waals surface area contributed by atoms with E-state index >= 15 is 0 Å². The smallest absolute Gasteiger partial charge is 0.620 e. The van der Waals surface area contributed by atoms with Gasteiger partial charge in [0, 0.05) is 0 Å². The zero-order chi connectivity index (χ0) is 14.8. The molecule has 0 spiro atoms. The summed E-state index contributed by atoms with van der Waals surface area (Å²) in [4.78, 5) is 13.9. The van der Waals surface area contributed by atoms with Crippen LogP contribution in [0, 0.1) is 6.61 Å². The molecular formula is C16H22LiNO3. The number of ether oxygens (including phenoxy) is 2. The molecule has 4 nitrogen and oxygen atoms in total. The van der Waals surface area contributed by atoms with Crippen LogP contribution in [-0.2, 0) is 15.9 Å². The van der Waals surface area contributed by atoms with E-state index in [1.807, 2.05) is 58.0 Å². The first kappa shape index (κ1) is 18.1. The van der Waals surface area contributed by atoms with E-state index in [9.17, 15) is 4.79 Å². The number of hydrogen-bond acceptors (Lipinski definition) is 3. The predicted molar refractivity (Wildman–Crippen MR) is 76.9 cm³/mol. The van der Waals surface area contributed by atoms with Gasteiger partial charge in [-0.15, -0.1) is 6.42 Å². The second-order valence-electron chi connectivity index (χ2n) is 6.12. The molecule has 0 saturated carbocycles. The molecule has 0 N–H and O–H groups in total. The van der Waals surface area contributed by atoms with Crippen molar-refractivity contribution in [3.63, 3.8) is 0 Å². The maximum absolute atomic E-state index is 12.3. The molecule has 5 heteroatoms. The van der Waals surface area contributed by atoms with E-state index < -0.39 is 5.72 Å². The molecule has 0 bridgehead atoms. The summed E-state index contributed by atoms with van der Waals surface area (Å²) in [5.41, 5.74) is 0.110. The number of rotatable bonds is 3. The summed E-state index contributed by atoms with van der Waals surface area (Å²) in [6.07, 6.45) is 0.232. The van der Waals surface area contributed by atoms with Crippen molar-refractivity contribution in [3.05, 3.63) is 42.5 Å². The van der Waals surface area contributed by atoms with E-state index in [1.165, 1.54) is 0 Å². The first-order chi connectivity index (χ1) is 9.33. The first-order valence-electron chi connectivity index (χ1n) is 6.83. The second kappa shape index (κ2) is 6.87. The van der Waals surface area contributed by atoms with Gasteiger partial charge in [-0.2, -0.15) is 6.61 Å². The summed E-state index contributed by atoms with van der Waals surface area (Å²) in [7, 11) is 0. The molecule has 1 heterocycles. The molecule has 0 radical (unpaired) electrons. The molecule has 1 saturated heterocycles. The van der Waals surface area contributed by atoms with E-state index in [1.54, 1.807) is 11.5 Å². The molecule has 1 aliphatic rings. The third-order valence-electron chi connectivity index (χ3n) is 3.45. The Hall–Kier alpha value is -0.953. The Kier molecular flexibility index (Phi) is 5.92.